The standard InChI is InChI=1S/C26H30FN3O6/c1-17(2)5-4-6-18(3)11-12-34-25(32)20-13-22(35-16-19-7-9-21(27)10-8-19)24(29-15-20)36-26(33)30-23(31)14-28/h5,7-11,13,15H,4,6,12,14,16,28H2,1-3H3,(H,30,31,33)/b18-11+. The number of imide groups is 1. The summed E-state index contributed by atoms with van der Waals surface area (Å²) in [5.41, 5.74) is 8.18. The molecule has 0 aliphatic carbocycles. The molecule has 1 heterocycles. The Bertz CT molecular complexity index is 1120. The topological polar surface area (TPSA) is 130 Å². The van der Waals surface area contributed by atoms with Crippen molar-refractivity contribution in [3.63, 3.8) is 0 Å². The molecule has 0 saturated heterocycles. The number of nitrogens with two attached hydrogens (primary N) is 1. The molecular formula is C26H30FN3O6. The minimum Gasteiger partial charge on any atom is -0.483 e. The number of amides is 2. The van der Waals surface area contributed by atoms with E-state index in [1.807, 2.05) is 32.2 Å². The third-order valence-electron chi connectivity index (χ3n) is 4.72. The molecule has 2 amide bonds. The van der Waals surface area contributed by atoms with Crippen molar-refractivity contribution in [2.75, 3.05) is 13.2 Å². The lowest BCUT2D eigenvalue weighted by Gasteiger charge is -2.12. The minimum atomic E-state index is -1.12. The number of halogens is 1. The Morgan fingerprint density at radius 1 is 1.11 bits per heavy atom. The van der Waals surface area contributed by atoms with Crippen LogP contribution >= 0.6 is 0 Å². The molecule has 0 spiro atoms. The number of hydrogen-bond acceptors (Lipinski definition) is 8. The van der Waals surface area contributed by atoms with Crippen LogP contribution < -0.4 is 20.5 Å². The van der Waals surface area contributed by atoms with Gasteiger partial charge < -0.3 is 19.9 Å². The second-order valence-corrected chi connectivity index (χ2v) is 8.05. The van der Waals surface area contributed by atoms with E-state index >= 15 is 0 Å². The number of nitrogens with zero attached hydrogens (tertiary/aromatic N) is 1. The summed E-state index contributed by atoms with van der Waals surface area (Å²) >= 11 is 0. The molecule has 36 heavy (non-hydrogen) atoms. The van der Waals surface area contributed by atoms with E-state index in [9.17, 15) is 18.8 Å². The van der Waals surface area contributed by atoms with Gasteiger partial charge >= 0.3 is 12.1 Å². The summed E-state index contributed by atoms with van der Waals surface area (Å²) in [6.45, 7) is 5.66. The van der Waals surface area contributed by atoms with Crippen molar-refractivity contribution in [3.05, 3.63) is 76.8 Å². The zero-order valence-electron chi connectivity index (χ0n) is 20.5. The predicted octanol–water partition coefficient (Wildman–Crippen LogP) is 4.22. The van der Waals surface area contributed by atoms with Gasteiger partial charge in [-0.05, 0) is 57.4 Å². The second-order valence-electron chi connectivity index (χ2n) is 8.05. The largest absolute Gasteiger partial charge is 0.483 e. The number of aromatic nitrogens is 1. The SMILES string of the molecule is CC(C)=CCC/C(C)=C/COC(=O)c1cnc(OC(=O)NC(=O)CN)c(OCc2ccc(F)cc2)c1. The van der Waals surface area contributed by atoms with Crippen molar-refractivity contribution >= 4 is 18.0 Å². The van der Waals surface area contributed by atoms with Crippen LogP contribution in [-0.2, 0) is 16.1 Å². The Labute approximate surface area is 209 Å². The number of carbonyl (C=O) groups is 3. The Kier molecular flexibility index (Phi) is 11.3. The quantitative estimate of drug-likeness (QED) is 0.347. The fourth-order valence-electron chi connectivity index (χ4n) is 2.78. The van der Waals surface area contributed by atoms with Crippen molar-refractivity contribution in [3.8, 4) is 11.6 Å². The van der Waals surface area contributed by atoms with E-state index in [4.69, 9.17) is 19.9 Å². The molecule has 0 unspecified atom stereocenters. The number of benzene rings is 1. The highest BCUT2D eigenvalue weighted by Gasteiger charge is 2.18. The summed E-state index contributed by atoms with van der Waals surface area (Å²) in [4.78, 5) is 39.8. The van der Waals surface area contributed by atoms with Crippen LogP contribution in [0.25, 0.3) is 0 Å². The third kappa shape index (κ3) is 10.1. The predicted molar refractivity (Wildman–Crippen MR) is 131 cm³/mol. The smallest absolute Gasteiger partial charge is 0.420 e. The minimum absolute atomic E-state index is 0.0339. The van der Waals surface area contributed by atoms with Gasteiger partial charge in [0.15, 0.2) is 5.75 Å². The normalized spacial score (nSPS) is 10.9. The van der Waals surface area contributed by atoms with E-state index in [0.717, 1.165) is 24.6 Å². The van der Waals surface area contributed by atoms with Gasteiger partial charge in [0, 0.05) is 12.3 Å². The first-order valence-corrected chi connectivity index (χ1v) is 11.2. The Morgan fingerprint density at radius 3 is 2.50 bits per heavy atom. The molecule has 2 rings (SSSR count). The number of ether oxygens (including phenoxy) is 3. The number of hydrogen-bond donors (Lipinski definition) is 2. The van der Waals surface area contributed by atoms with Gasteiger partial charge in [0.1, 0.15) is 19.0 Å². The summed E-state index contributed by atoms with van der Waals surface area (Å²) in [6.07, 6.45) is 5.76. The number of rotatable bonds is 11. The number of allylic oxidation sites excluding steroid dienone is 3. The first kappa shape index (κ1) is 28.2. The van der Waals surface area contributed by atoms with Crippen LogP contribution in [0, 0.1) is 5.82 Å². The van der Waals surface area contributed by atoms with Crippen LogP contribution in [0.2, 0.25) is 0 Å². The Balaban J connectivity index is 2.11. The molecule has 2 aromatic rings. The lowest BCUT2D eigenvalue weighted by Crippen LogP contribution is -2.37. The van der Waals surface area contributed by atoms with Gasteiger partial charge in [0.05, 0.1) is 12.1 Å². The molecule has 0 bridgehead atoms. The Hall–Kier alpha value is -4.05. The molecule has 0 radical (unpaired) electrons. The number of carbonyl (C=O) groups excluding carboxylic acids is 3. The summed E-state index contributed by atoms with van der Waals surface area (Å²) < 4.78 is 29.2. The first-order chi connectivity index (χ1) is 17.2. The number of nitrogens with one attached hydrogen (secondary N) is 1. The number of pyridine rings is 1. The molecule has 1 aromatic carbocycles. The van der Waals surface area contributed by atoms with E-state index in [0.29, 0.717) is 5.56 Å². The molecule has 3 N–H and O–H groups in total. The fraction of sp³-hybridized carbons (Fsp3) is 0.308. The molecule has 0 saturated carbocycles. The third-order valence-corrected chi connectivity index (χ3v) is 4.72. The molecule has 0 aliphatic rings. The van der Waals surface area contributed by atoms with Crippen LogP contribution in [-0.4, -0.2) is 36.1 Å². The molecular weight excluding hydrogens is 469 g/mol. The lowest BCUT2D eigenvalue weighted by molar-refractivity contribution is -0.118. The molecule has 9 nitrogen and oxygen atoms in total. The van der Waals surface area contributed by atoms with Crippen molar-refractivity contribution in [1.82, 2.24) is 10.3 Å². The molecule has 0 fully saturated rings. The fourth-order valence-corrected chi connectivity index (χ4v) is 2.78. The van der Waals surface area contributed by atoms with E-state index in [1.54, 1.807) is 0 Å². The van der Waals surface area contributed by atoms with Crippen molar-refractivity contribution in [2.24, 2.45) is 5.73 Å². The zero-order valence-corrected chi connectivity index (χ0v) is 20.5. The molecule has 1 aromatic heterocycles. The molecule has 192 valence electrons. The van der Waals surface area contributed by atoms with Crippen molar-refractivity contribution in [1.29, 1.82) is 0 Å². The maximum absolute atomic E-state index is 13.2. The van der Waals surface area contributed by atoms with E-state index in [1.165, 1.54) is 35.9 Å². The monoisotopic (exact) mass is 499 g/mol. The second kappa shape index (κ2) is 14.4. The zero-order chi connectivity index (χ0) is 26.5. The average Bonchev–Trinajstić information content (AvgIpc) is 2.83. The molecule has 0 atom stereocenters. The van der Waals surface area contributed by atoms with Gasteiger partial charge in [0.25, 0.3) is 5.88 Å². The number of esters is 1. The highest BCUT2D eigenvalue weighted by Crippen LogP contribution is 2.27. The van der Waals surface area contributed by atoms with Crippen molar-refractivity contribution < 1.29 is 33.0 Å². The highest BCUT2D eigenvalue weighted by molar-refractivity contribution is 5.93. The van der Waals surface area contributed by atoms with E-state index in [-0.39, 0.29) is 30.4 Å². The van der Waals surface area contributed by atoms with Gasteiger partial charge in [-0.1, -0.05) is 29.4 Å². The van der Waals surface area contributed by atoms with Crippen LogP contribution in [0.4, 0.5) is 9.18 Å². The summed E-state index contributed by atoms with van der Waals surface area (Å²) in [5.74, 6) is -2.16. The summed E-state index contributed by atoms with van der Waals surface area (Å²) in [5, 5.41) is 1.92. The van der Waals surface area contributed by atoms with Gasteiger partial charge in [-0.25, -0.2) is 19.0 Å². The van der Waals surface area contributed by atoms with Gasteiger partial charge in [0.2, 0.25) is 5.91 Å². The molecule has 10 heteroatoms. The maximum atomic E-state index is 13.2. The van der Waals surface area contributed by atoms with Crippen LogP contribution in [0.1, 0.15) is 49.5 Å². The van der Waals surface area contributed by atoms with Crippen molar-refractivity contribution in [2.45, 2.75) is 40.2 Å². The summed E-state index contributed by atoms with van der Waals surface area (Å²) in [7, 11) is 0. The highest BCUT2D eigenvalue weighted by atomic mass is 19.1. The van der Waals surface area contributed by atoms with Gasteiger partial charge in [-0.2, -0.15) is 0 Å². The summed E-state index contributed by atoms with van der Waals surface area (Å²) in [6, 6.07) is 6.87. The van der Waals surface area contributed by atoms with Crippen LogP contribution in [0.5, 0.6) is 11.6 Å². The lowest BCUT2D eigenvalue weighted by atomic mass is 10.1. The van der Waals surface area contributed by atoms with E-state index < -0.39 is 30.3 Å². The van der Waals surface area contributed by atoms with Gasteiger partial charge in [-0.3, -0.25) is 10.1 Å². The van der Waals surface area contributed by atoms with Gasteiger partial charge in [-0.15, -0.1) is 0 Å². The van der Waals surface area contributed by atoms with E-state index in [2.05, 4.69) is 11.1 Å². The van der Waals surface area contributed by atoms with Crippen LogP contribution in [0.15, 0.2) is 59.8 Å². The maximum Gasteiger partial charge on any atom is 0.420 e. The van der Waals surface area contributed by atoms with Crippen LogP contribution in [0.3, 0.4) is 0 Å². The first-order valence-electron chi connectivity index (χ1n) is 11.2. The Morgan fingerprint density at radius 2 is 1.83 bits per heavy atom. The average molecular weight is 500 g/mol. The molecule has 0 aliphatic heterocycles.